The summed E-state index contributed by atoms with van der Waals surface area (Å²) in [7, 11) is 0. The second kappa shape index (κ2) is 9.44. The summed E-state index contributed by atoms with van der Waals surface area (Å²) in [5.74, 6) is 0.376. The van der Waals surface area contributed by atoms with Crippen molar-refractivity contribution in [2.24, 2.45) is 0 Å². The molecule has 3 heterocycles. The van der Waals surface area contributed by atoms with E-state index in [1.54, 1.807) is 6.20 Å². The smallest absolute Gasteiger partial charge is 0.290 e. The second-order valence-electron chi connectivity index (χ2n) is 7.52. The molecule has 0 bridgehead atoms. The molecule has 2 N–H and O–H groups in total. The van der Waals surface area contributed by atoms with Gasteiger partial charge in [0, 0.05) is 12.6 Å². The largest absolute Gasteiger partial charge is 0.491 e. The first-order chi connectivity index (χ1) is 16.1. The number of aryl methyl sites for hydroxylation is 1. The summed E-state index contributed by atoms with van der Waals surface area (Å²) in [5.41, 5.74) is 3.69. The van der Waals surface area contributed by atoms with Gasteiger partial charge < -0.3 is 15.2 Å². The van der Waals surface area contributed by atoms with Crippen LogP contribution >= 0.6 is 0 Å². The third-order valence-corrected chi connectivity index (χ3v) is 5.46. The summed E-state index contributed by atoms with van der Waals surface area (Å²) < 4.78 is 5.83. The average molecular weight is 442 g/mol. The van der Waals surface area contributed by atoms with Crippen molar-refractivity contribution < 1.29 is 19.4 Å². The van der Waals surface area contributed by atoms with E-state index in [9.17, 15) is 4.79 Å². The molecule has 8 nitrogen and oxygen atoms in total. The highest BCUT2D eigenvalue weighted by Crippen LogP contribution is 2.40. The normalized spacial score (nSPS) is 16.5. The molecule has 5 rings (SSSR count). The van der Waals surface area contributed by atoms with Gasteiger partial charge in [0.2, 0.25) is 0 Å². The van der Waals surface area contributed by atoms with Crippen LogP contribution in [0, 0.1) is 6.92 Å². The Morgan fingerprint density at radius 2 is 1.79 bits per heavy atom. The van der Waals surface area contributed by atoms with E-state index in [4.69, 9.17) is 14.6 Å². The van der Waals surface area contributed by atoms with E-state index in [0.717, 1.165) is 16.6 Å². The molecule has 2 aromatic carbocycles. The van der Waals surface area contributed by atoms with Gasteiger partial charge in [0.25, 0.3) is 12.4 Å². The molecule has 0 aliphatic carbocycles. The van der Waals surface area contributed by atoms with Gasteiger partial charge in [-0.05, 0) is 36.8 Å². The maximum atomic E-state index is 13.3. The summed E-state index contributed by atoms with van der Waals surface area (Å²) in [6.45, 7) is 2.26. The zero-order valence-corrected chi connectivity index (χ0v) is 17.9. The first kappa shape index (κ1) is 21.9. The Bertz CT molecular complexity index is 1290. The van der Waals surface area contributed by atoms with Gasteiger partial charge in [-0.3, -0.25) is 19.6 Å². The van der Waals surface area contributed by atoms with E-state index in [1.165, 1.54) is 6.20 Å². The minimum atomic E-state index is -0.813. The van der Waals surface area contributed by atoms with Gasteiger partial charge in [-0.15, -0.1) is 0 Å². The van der Waals surface area contributed by atoms with Crippen LogP contribution in [0.4, 0.5) is 0 Å². The number of carboxylic acid groups (broad SMARTS) is 1. The Labute approximate surface area is 190 Å². The number of ether oxygens (including phenoxy) is 1. The van der Waals surface area contributed by atoms with Crippen molar-refractivity contribution >= 4 is 23.4 Å². The fraction of sp³-hybridized carbons (Fsp3) is 0.160. The predicted molar refractivity (Wildman–Crippen MR) is 122 cm³/mol. The minimum Gasteiger partial charge on any atom is -0.491 e. The molecule has 0 spiro atoms. The van der Waals surface area contributed by atoms with Crippen LogP contribution in [0.3, 0.4) is 0 Å². The number of aromatic nitrogens is 3. The lowest BCUT2D eigenvalue weighted by atomic mass is 9.81. The maximum Gasteiger partial charge on any atom is 0.290 e. The van der Waals surface area contributed by atoms with Crippen molar-refractivity contribution in [3.8, 4) is 5.75 Å². The lowest BCUT2D eigenvalue weighted by molar-refractivity contribution is -0.122. The molecule has 0 unspecified atom stereocenters. The molecule has 8 heteroatoms. The van der Waals surface area contributed by atoms with Crippen molar-refractivity contribution in [3.63, 3.8) is 0 Å². The predicted octanol–water partition coefficient (Wildman–Crippen LogP) is 3.49. The number of amides is 1. The van der Waals surface area contributed by atoms with Gasteiger partial charge in [0.15, 0.2) is 0 Å². The number of rotatable bonds is 3. The van der Waals surface area contributed by atoms with Crippen LogP contribution in [-0.2, 0) is 10.3 Å². The number of nitrogens with zero attached hydrogens (tertiary/aromatic N) is 3. The van der Waals surface area contributed by atoms with Crippen molar-refractivity contribution in [2.45, 2.75) is 18.9 Å². The van der Waals surface area contributed by atoms with Gasteiger partial charge >= 0.3 is 0 Å². The van der Waals surface area contributed by atoms with Crippen LogP contribution in [0.15, 0.2) is 73.1 Å². The number of benzene rings is 2. The van der Waals surface area contributed by atoms with Crippen molar-refractivity contribution in [1.82, 2.24) is 20.3 Å². The van der Waals surface area contributed by atoms with Crippen LogP contribution in [0.2, 0.25) is 0 Å². The minimum absolute atomic E-state index is 0.250. The quantitative estimate of drug-likeness (QED) is 0.467. The van der Waals surface area contributed by atoms with E-state index in [1.807, 2.05) is 67.6 Å². The highest BCUT2D eigenvalue weighted by Gasteiger charge is 2.42. The number of pyridine rings is 1. The molecule has 166 valence electrons. The highest BCUT2D eigenvalue weighted by atomic mass is 16.5. The third kappa shape index (κ3) is 4.36. The van der Waals surface area contributed by atoms with Gasteiger partial charge in [0.05, 0.1) is 23.8 Å². The Morgan fingerprint density at radius 1 is 1.06 bits per heavy atom. The third-order valence-electron chi connectivity index (χ3n) is 5.46. The molecule has 1 amide bonds. The van der Waals surface area contributed by atoms with E-state index in [0.29, 0.717) is 30.0 Å². The second-order valence-corrected chi connectivity index (χ2v) is 7.52. The number of hydrogen-bond acceptors (Lipinski definition) is 6. The lowest BCUT2D eigenvalue weighted by Gasteiger charge is -2.38. The summed E-state index contributed by atoms with van der Waals surface area (Å²) in [4.78, 5) is 35.2. The molecule has 2 aromatic heterocycles. The molecule has 1 atom stereocenters. The van der Waals surface area contributed by atoms with E-state index in [2.05, 4.69) is 20.3 Å². The molecule has 4 aromatic rings. The Balaban J connectivity index is 0.000000821. The SMILES string of the molecule is Cc1ccc([C@@]2(NC(=O)c3cnc4ccccc4n3)CCOc3cccnc32)cc1.O=CO. The first-order valence-electron chi connectivity index (χ1n) is 10.3. The Morgan fingerprint density at radius 3 is 2.55 bits per heavy atom. The summed E-state index contributed by atoms with van der Waals surface area (Å²) >= 11 is 0. The van der Waals surface area contributed by atoms with Crippen LogP contribution in [0.25, 0.3) is 11.0 Å². The van der Waals surface area contributed by atoms with Crippen LogP contribution in [0.1, 0.15) is 33.7 Å². The number of para-hydroxylation sites is 2. The summed E-state index contributed by atoms with van der Waals surface area (Å²) in [6.07, 6.45) is 3.80. The number of nitrogens with one attached hydrogen (secondary N) is 1. The molecule has 0 saturated heterocycles. The lowest BCUT2D eigenvalue weighted by Crippen LogP contribution is -2.50. The molecule has 1 aliphatic heterocycles. The van der Waals surface area contributed by atoms with Crippen LogP contribution in [-0.4, -0.2) is 39.0 Å². The number of hydrogen-bond donors (Lipinski definition) is 2. The van der Waals surface area contributed by atoms with Gasteiger partial charge in [0.1, 0.15) is 22.7 Å². The van der Waals surface area contributed by atoms with Crippen molar-refractivity contribution in [3.05, 3.63) is 95.6 Å². The van der Waals surface area contributed by atoms with E-state index in [-0.39, 0.29) is 18.1 Å². The van der Waals surface area contributed by atoms with E-state index < -0.39 is 5.54 Å². The fourth-order valence-electron chi connectivity index (χ4n) is 3.90. The number of fused-ring (bicyclic) bond motifs is 2. The fourth-order valence-corrected chi connectivity index (χ4v) is 3.90. The van der Waals surface area contributed by atoms with Gasteiger partial charge in [-0.1, -0.05) is 42.0 Å². The van der Waals surface area contributed by atoms with Crippen LogP contribution in [0.5, 0.6) is 5.75 Å². The van der Waals surface area contributed by atoms with Gasteiger partial charge in [-0.25, -0.2) is 4.98 Å². The zero-order chi connectivity index (χ0) is 23.3. The molecule has 0 fully saturated rings. The summed E-state index contributed by atoms with van der Waals surface area (Å²) in [5, 5.41) is 10.1. The molecule has 0 radical (unpaired) electrons. The molecular weight excluding hydrogens is 420 g/mol. The molecule has 0 saturated carbocycles. The van der Waals surface area contributed by atoms with Gasteiger partial charge in [-0.2, -0.15) is 0 Å². The zero-order valence-electron chi connectivity index (χ0n) is 17.9. The van der Waals surface area contributed by atoms with Crippen molar-refractivity contribution in [2.75, 3.05) is 6.61 Å². The maximum absolute atomic E-state index is 13.3. The standard InChI is InChI=1S/C24H20N4O2.CH2O2/c1-16-8-10-17(11-9-16)24(12-14-30-21-7-4-13-25-22(21)24)28-23(29)20-15-26-18-5-2-3-6-19(18)27-20;2-1-3/h2-11,13,15H,12,14H2,1H3,(H,28,29);1H,(H,2,3)/t24-;/m0./s1. The van der Waals surface area contributed by atoms with Crippen molar-refractivity contribution in [1.29, 1.82) is 0 Å². The first-order valence-corrected chi connectivity index (χ1v) is 10.3. The molecule has 1 aliphatic rings. The highest BCUT2D eigenvalue weighted by molar-refractivity contribution is 5.94. The summed E-state index contributed by atoms with van der Waals surface area (Å²) in [6, 6.07) is 19.4. The molecule has 33 heavy (non-hydrogen) atoms. The topological polar surface area (TPSA) is 114 Å². The Kier molecular flexibility index (Phi) is 6.26. The van der Waals surface area contributed by atoms with E-state index >= 15 is 0 Å². The average Bonchev–Trinajstić information content (AvgIpc) is 2.85. The molecular formula is C25H22N4O4. The number of carbonyl (C=O) groups excluding carboxylic acids is 1. The number of carbonyl (C=O) groups is 2. The monoisotopic (exact) mass is 442 g/mol. The van der Waals surface area contributed by atoms with Crippen LogP contribution < -0.4 is 10.1 Å². The Hall–Kier alpha value is -4.33.